The van der Waals surface area contributed by atoms with Gasteiger partial charge in [-0.15, -0.1) is 0 Å². The Bertz CT molecular complexity index is 499. The Labute approximate surface area is 133 Å². The number of carbonyl (C=O) groups excluding carboxylic acids is 1. The van der Waals surface area contributed by atoms with E-state index in [1.807, 2.05) is 0 Å². The highest BCUT2D eigenvalue weighted by Crippen LogP contribution is 2.28. The predicted molar refractivity (Wildman–Crippen MR) is 89.9 cm³/mol. The lowest BCUT2D eigenvalue weighted by Crippen LogP contribution is -2.48. The summed E-state index contributed by atoms with van der Waals surface area (Å²) in [5, 5.41) is 6.91. The zero-order valence-corrected chi connectivity index (χ0v) is 13.8. The lowest BCUT2D eigenvalue weighted by atomic mass is 9.91. The smallest absolute Gasteiger partial charge is 0.220 e. The average Bonchev–Trinajstić information content (AvgIpc) is 2.85. The van der Waals surface area contributed by atoms with E-state index >= 15 is 0 Å². The van der Waals surface area contributed by atoms with Gasteiger partial charge in [-0.05, 0) is 50.5 Å². The Morgan fingerprint density at radius 1 is 1.23 bits per heavy atom. The van der Waals surface area contributed by atoms with Crippen LogP contribution in [-0.4, -0.2) is 24.0 Å². The Hall–Kier alpha value is -1.35. The lowest BCUT2D eigenvalue weighted by Gasteiger charge is -2.30. The first kappa shape index (κ1) is 15.5. The maximum Gasteiger partial charge on any atom is 0.220 e. The van der Waals surface area contributed by atoms with E-state index in [9.17, 15) is 4.79 Å². The van der Waals surface area contributed by atoms with E-state index in [1.165, 1.54) is 24.0 Å². The van der Waals surface area contributed by atoms with E-state index in [4.69, 9.17) is 0 Å². The van der Waals surface area contributed by atoms with E-state index < -0.39 is 0 Å². The zero-order valence-electron chi connectivity index (χ0n) is 13.8. The number of carbonyl (C=O) groups is 1. The average molecular weight is 300 g/mol. The molecule has 2 saturated heterocycles. The van der Waals surface area contributed by atoms with Gasteiger partial charge in [0.25, 0.3) is 0 Å². The third-order valence-corrected chi connectivity index (χ3v) is 5.31. The van der Waals surface area contributed by atoms with Crippen LogP contribution in [-0.2, 0) is 4.79 Å². The Morgan fingerprint density at radius 3 is 2.45 bits per heavy atom. The largest absolute Gasteiger partial charge is 0.353 e. The van der Waals surface area contributed by atoms with Crippen LogP contribution in [0.3, 0.4) is 0 Å². The number of hydrogen-bond donors (Lipinski definition) is 2. The quantitative estimate of drug-likeness (QED) is 0.876. The molecule has 3 nitrogen and oxygen atoms in total. The molecule has 2 heterocycles. The van der Waals surface area contributed by atoms with Gasteiger partial charge in [-0.1, -0.05) is 36.8 Å². The Kier molecular flexibility index (Phi) is 4.82. The van der Waals surface area contributed by atoms with Gasteiger partial charge in [0, 0.05) is 24.5 Å². The topological polar surface area (TPSA) is 41.1 Å². The van der Waals surface area contributed by atoms with E-state index in [0.29, 0.717) is 30.5 Å². The first-order chi connectivity index (χ1) is 10.6. The molecule has 1 aromatic carbocycles. The maximum absolute atomic E-state index is 12.4. The SMILES string of the molecule is CCC(CC(=O)NC1CC2CCC(C1)N2)c1ccc(C)cc1. The van der Waals surface area contributed by atoms with Crippen LogP contribution < -0.4 is 10.6 Å². The standard InChI is InChI=1S/C19H28N2O/c1-3-14(15-6-4-13(2)5-7-15)10-19(22)21-18-11-16-8-9-17(12-18)20-16/h4-7,14,16-18,20H,3,8-12H2,1-2H3,(H,21,22). The minimum atomic E-state index is 0.221. The molecule has 2 N–H and O–H groups in total. The van der Waals surface area contributed by atoms with E-state index in [-0.39, 0.29) is 5.91 Å². The van der Waals surface area contributed by atoms with Gasteiger partial charge < -0.3 is 10.6 Å². The fourth-order valence-electron chi connectivity index (χ4n) is 4.02. The van der Waals surface area contributed by atoms with Crippen molar-refractivity contribution in [3.8, 4) is 0 Å². The van der Waals surface area contributed by atoms with Gasteiger partial charge in [0.15, 0.2) is 0 Å². The molecule has 1 aromatic rings. The van der Waals surface area contributed by atoms with Crippen LogP contribution in [0.1, 0.15) is 62.5 Å². The van der Waals surface area contributed by atoms with Crippen molar-refractivity contribution >= 4 is 5.91 Å². The lowest BCUT2D eigenvalue weighted by molar-refractivity contribution is -0.122. The minimum absolute atomic E-state index is 0.221. The molecule has 0 aromatic heterocycles. The number of amides is 1. The molecule has 3 unspecified atom stereocenters. The summed E-state index contributed by atoms with van der Waals surface area (Å²) in [5.74, 6) is 0.553. The summed E-state index contributed by atoms with van der Waals surface area (Å²) >= 11 is 0. The molecule has 2 aliphatic rings. The fraction of sp³-hybridized carbons (Fsp3) is 0.632. The first-order valence-electron chi connectivity index (χ1n) is 8.76. The summed E-state index contributed by atoms with van der Waals surface area (Å²) in [6.45, 7) is 4.27. The molecule has 0 aliphatic carbocycles. The summed E-state index contributed by atoms with van der Waals surface area (Å²) in [4.78, 5) is 12.4. The number of rotatable bonds is 5. The van der Waals surface area contributed by atoms with Crippen LogP contribution in [0.15, 0.2) is 24.3 Å². The third-order valence-electron chi connectivity index (χ3n) is 5.31. The van der Waals surface area contributed by atoms with Gasteiger partial charge >= 0.3 is 0 Å². The molecule has 3 atom stereocenters. The number of hydrogen-bond acceptors (Lipinski definition) is 2. The third kappa shape index (κ3) is 3.70. The Balaban J connectivity index is 1.54. The number of piperidine rings is 1. The van der Waals surface area contributed by atoms with Gasteiger partial charge in [0.1, 0.15) is 0 Å². The van der Waals surface area contributed by atoms with Crippen molar-refractivity contribution in [1.29, 1.82) is 0 Å². The van der Waals surface area contributed by atoms with Crippen LogP contribution in [0.2, 0.25) is 0 Å². The maximum atomic E-state index is 12.4. The first-order valence-corrected chi connectivity index (χ1v) is 8.76. The van der Waals surface area contributed by atoms with Gasteiger partial charge in [-0.25, -0.2) is 0 Å². The van der Waals surface area contributed by atoms with Gasteiger partial charge in [0.05, 0.1) is 0 Å². The molecule has 2 fully saturated rings. The van der Waals surface area contributed by atoms with Crippen molar-refractivity contribution in [3.63, 3.8) is 0 Å². The molecule has 3 heteroatoms. The van der Waals surface area contributed by atoms with Gasteiger partial charge in [-0.3, -0.25) is 4.79 Å². The number of aryl methyl sites for hydroxylation is 1. The van der Waals surface area contributed by atoms with Crippen LogP contribution in [0.4, 0.5) is 0 Å². The number of fused-ring (bicyclic) bond motifs is 2. The van der Waals surface area contributed by atoms with Crippen LogP contribution >= 0.6 is 0 Å². The second-order valence-electron chi connectivity index (χ2n) is 7.09. The van der Waals surface area contributed by atoms with Crippen molar-refractivity contribution in [2.75, 3.05) is 0 Å². The van der Waals surface area contributed by atoms with Crippen LogP contribution in [0.5, 0.6) is 0 Å². The molecule has 0 radical (unpaired) electrons. The summed E-state index contributed by atoms with van der Waals surface area (Å²) < 4.78 is 0. The molecule has 0 spiro atoms. The molecule has 2 aliphatic heterocycles. The van der Waals surface area contributed by atoms with E-state index in [2.05, 4.69) is 48.7 Å². The fourth-order valence-corrected chi connectivity index (χ4v) is 4.02. The van der Waals surface area contributed by atoms with Gasteiger partial charge in [0.2, 0.25) is 5.91 Å². The highest BCUT2D eigenvalue weighted by atomic mass is 16.1. The predicted octanol–water partition coefficient (Wildman–Crippen LogP) is 3.28. The van der Waals surface area contributed by atoms with Crippen molar-refractivity contribution in [2.24, 2.45) is 0 Å². The van der Waals surface area contributed by atoms with Crippen molar-refractivity contribution in [1.82, 2.24) is 10.6 Å². The monoisotopic (exact) mass is 300 g/mol. The molecule has 0 saturated carbocycles. The molecule has 120 valence electrons. The Morgan fingerprint density at radius 2 is 1.86 bits per heavy atom. The molecular formula is C19H28N2O. The second kappa shape index (κ2) is 6.82. The molecular weight excluding hydrogens is 272 g/mol. The normalized spacial score (nSPS) is 28.4. The number of nitrogens with one attached hydrogen (secondary N) is 2. The minimum Gasteiger partial charge on any atom is -0.353 e. The van der Waals surface area contributed by atoms with Crippen molar-refractivity contribution in [2.45, 2.75) is 76.4 Å². The van der Waals surface area contributed by atoms with E-state index in [0.717, 1.165) is 19.3 Å². The van der Waals surface area contributed by atoms with Crippen molar-refractivity contribution < 1.29 is 4.79 Å². The van der Waals surface area contributed by atoms with Crippen LogP contribution in [0, 0.1) is 6.92 Å². The highest BCUT2D eigenvalue weighted by Gasteiger charge is 2.34. The number of benzene rings is 1. The summed E-state index contributed by atoms with van der Waals surface area (Å²) in [7, 11) is 0. The highest BCUT2D eigenvalue weighted by molar-refractivity contribution is 5.77. The molecule has 2 bridgehead atoms. The van der Waals surface area contributed by atoms with Gasteiger partial charge in [-0.2, -0.15) is 0 Å². The molecule has 1 amide bonds. The van der Waals surface area contributed by atoms with Crippen molar-refractivity contribution in [3.05, 3.63) is 35.4 Å². The summed E-state index contributed by atoms with van der Waals surface area (Å²) in [6, 6.07) is 10.2. The molecule has 22 heavy (non-hydrogen) atoms. The molecule has 3 rings (SSSR count). The summed E-state index contributed by atoms with van der Waals surface area (Å²) in [6.07, 6.45) is 6.37. The van der Waals surface area contributed by atoms with E-state index in [1.54, 1.807) is 0 Å². The summed E-state index contributed by atoms with van der Waals surface area (Å²) in [5.41, 5.74) is 2.56. The second-order valence-corrected chi connectivity index (χ2v) is 7.09. The zero-order chi connectivity index (χ0) is 15.5. The van der Waals surface area contributed by atoms with Crippen LogP contribution in [0.25, 0.3) is 0 Å².